The van der Waals surface area contributed by atoms with Gasteiger partial charge in [-0.25, -0.2) is 0 Å². The molecule has 0 rings (SSSR count). The fourth-order valence-corrected chi connectivity index (χ4v) is 1.99. The number of hydrogen-bond acceptors (Lipinski definition) is 1. The molecular formula is C13H5F21O. The highest BCUT2D eigenvalue weighted by Crippen LogP contribution is 2.66. The molecule has 0 fully saturated rings. The molecule has 0 aliphatic carbocycles. The second kappa shape index (κ2) is 8.37. The van der Waals surface area contributed by atoms with Crippen LogP contribution in [-0.4, -0.2) is 65.8 Å². The van der Waals surface area contributed by atoms with Crippen LogP contribution in [0.3, 0.4) is 0 Å². The predicted molar refractivity (Wildman–Crippen MR) is 65.9 cm³/mol. The van der Waals surface area contributed by atoms with Gasteiger partial charge in [0.15, 0.2) is 0 Å². The van der Waals surface area contributed by atoms with Gasteiger partial charge in [-0.2, -0.15) is 92.2 Å². The zero-order chi connectivity index (χ0) is 29.1. The van der Waals surface area contributed by atoms with Crippen LogP contribution in [0.5, 0.6) is 0 Å². The first-order valence-corrected chi connectivity index (χ1v) is 7.72. The van der Waals surface area contributed by atoms with Gasteiger partial charge in [-0.15, -0.1) is 0 Å². The summed E-state index contributed by atoms with van der Waals surface area (Å²) in [6.45, 7) is 0. The van der Waals surface area contributed by atoms with E-state index in [9.17, 15) is 97.0 Å². The van der Waals surface area contributed by atoms with E-state index >= 15 is 0 Å². The van der Waals surface area contributed by atoms with Gasteiger partial charge in [-0.3, -0.25) is 0 Å². The third-order valence-corrected chi connectivity index (χ3v) is 4.15. The Morgan fingerprint density at radius 2 is 0.600 bits per heavy atom. The van der Waals surface area contributed by atoms with Crippen molar-refractivity contribution in [1.82, 2.24) is 0 Å². The lowest BCUT2D eigenvalue weighted by molar-refractivity contribution is -0.474. The number of carbonyl (C=O) groups is 1. The molecule has 0 bridgehead atoms. The smallest absolute Gasteiger partial charge is 0.303 e. The van der Waals surface area contributed by atoms with Crippen molar-refractivity contribution < 1.29 is 97.0 Å². The molecule has 0 unspecified atom stereocenters. The summed E-state index contributed by atoms with van der Waals surface area (Å²) in [4.78, 5) is 9.84. The first-order valence-electron chi connectivity index (χ1n) is 7.72. The SMILES string of the molecule is O=CCCC(F)(F)C(F)(F)C(F)(F)C(F)(F)C(F)(F)C(F)(F)C(F)(F)C(F)(F)C(F)(F)C(F)(F)F. The molecule has 0 aromatic rings. The van der Waals surface area contributed by atoms with Crippen LogP contribution in [0.25, 0.3) is 0 Å². The molecule has 0 radical (unpaired) electrons. The molecular weight excluding hydrogens is 571 g/mol. The molecule has 0 saturated heterocycles. The first kappa shape index (κ1) is 33.2. The van der Waals surface area contributed by atoms with Gasteiger partial charge in [0.1, 0.15) is 6.29 Å². The third kappa shape index (κ3) is 4.14. The van der Waals surface area contributed by atoms with E-state index in [0.717, 1.165) is 0 Å². The van der Waals surface area contributed by atoms with Crippen molar-refractivity contribution in [3.05, 3.63) is 0 Å². The molecule has 0 atom stereocenters. The van der Waals surface area contributed by atoms with E-state index in [1.807, 2.05) is 0 Å². The van der Waals surface area contributed by atoms with Crippen LogP contribution in [0.15, 0.2) is 0 Å². The summed E-state index contributed by atoms with van der Waals surface area (Å²) in [7, 11) is 0. The fourth-order valence-electron chi connectivity index (χ4n) is 1.99. The Balaban J connectivity index is 6.99. The second-order valence-corrected chi connectivity index (χ2v) is 6.50. The van der Waals surface area contributed by atoms with Gasteiger partial charge in [-0.05, 0) is 0 Å². The van der Waals surface area contributed by atoms with Crippen molar-refractivity contribution in [2.24, 2.45) is 0 Å². The lowest BCUT2D eigenvalue weighted by Crippen LogP contribution is -2.76. The van der Waals surface area contributed by atoms with E-state index in [1.165, 1.54) is 0 Å². The summed E-state index contributed by atoms with van der Waals surface area (Å²) in [5.74, 6) is -77.0. The number of hydrogen-bond donors (Lipinski definition) is 0. The van der Waals surface area contributed by atoms with Crippen molar-refractivity contribution in [1.29, 1.82) is 0 Å². The minimum absolute atomic E-state index is 0.771. The van der Waals surface area contributed by atoms with Crippen LogP contribution < -0.4 is 0 Å². The topological polar surface area (TPSA) is 17.1 Å². The van der Waals surface area contributed by atoms with Crippen molar-refractivity contribution in [3.8, 4) is 0 Å². The monoisotopic (exact) mass is 576 g/mol. The summed E-state index contributed by atoms with van der Waals surface area (Å²) in [5.41, 5.74) is 0. The van der Waals surface area contributed by atoms with Crippen LogP contribution in [0.2, 0.25) is 0 Å². The molecule has 35 heavy (non-hydrogen) atoms. The Morgan fingerprint density at radius 1 is 0.371 bits per heavy atom. The van der Waals surface area contributed by atoms with Crippen LogP contribution in [0.1, 0.15) is 12.8 Å². The standard InChI is InChI=1S/C13H5F21O/c14-4(15,2-1-3-35)5(16,17)6(18,19)7(20,21)8(22,23)9(24,25)10(26,27)11(28,29)12(30,31)13(32,33)34/h3H,1-2H2. The van der Waals surface area contributed by atoms with Crippen LogP contribution in [-0.2, 0) is 4.79 Å². The minimum atomic E-state index is -9.18. The van der Waals surface area contributed by atoms with Crippen molar-refractivity contribution in [2.75, 3.05) is 0 Å². The lowest BCUT2D eigenvalue weighted by Gasteiger charge is -2.44. The summed E-state index contributed by atoms with van der Waals surface area (Å²) in [6.07, 6.45) is -13.6. The first-order chi connectivity index (χ1) is 14.8. The van der Waals surface area contributed by atoms with Gasteiger partial charge in [-0.1, -0.05) is 0 Å². The largest absolute Gasteiger partial charge is 0.460 e. The fraction of sp³-hybridized carbons (Fsp3) is 0.923. The number of halogens is 21. The van der Waals surface area contributed by atoms with Crippen molar-refractivity contribution in [3.63, 3.8) is 0 Å². The maximum Gasteiger partial charge on any atom is 0.460 e. The number of carbonyl (C=O) groups excluding carboxylic acids is 1. The molecule has 22 heteroatoms. The molecule has 1 nitrogen and oxygen atoms in total. The Morgan fingerprint density at radius 3 is 0.829 bits per heavy atom. The normalized spacial score (nSPS) is 16.5. The van der Waals surface area contributed by atoms with E-state index in [4.69, 9.17) is 0 Å². The highest BCUT2D eigenvalue weighted by molar-refractivity contribution is 5.49. The molecule has 0 heterocycles. The summed E-state index contributed by atoms with van der Waals surface area (Å²) < 4.78 is 273. The highest BCUT2D eigenvalue weighted by Gasteiger charge is 2.97. The number of aldehydes is 1. The van der Waals surface area contributed by atoms with E-state index < -0.39 is 78.6 Å². The highest BCUT2D eigenvalue weighted by atomic mass is 19.4. The molecule has 0 aliphatic rings. The van der Waals surface area contributed by atoms with Crippen molar-refractivity contribution in [2.45, 2.75) is 72.3 Å². The molecule has 0 saturated carbocycles. The van der Waals surface area contributed by atoms with E-state index in [-0.39, 0.29) is 0 Å². The lowest BCUT2D eigenvalue weighted by atomic mass is 9.85. The molecule has 0 amide bonds. The Hall–Kier alpha value is -1.80. The maximum atomic E-state index is 13.4. The Labute approximate surface area is 177 Å². The van der Waals surface area contributed by atoms with Gasteiger partial charge in [0.2, 0.25) is 0 Å². The van der Waals surface area contributed by atoms with Crippen LogP contribution in [0, 0.1) is 0 Å². The van der Waals surface area contributed by atoms with Crippen molar-refractivity contribution >= 4 is 6.29 Å². The maximum absolute atomic E-state index is 13.4. The second-order valence-electron chi connectivity index (χ2n) is 6.50. The molecule has 0 aromatic carbocycles. The van der Waals surface area contributed by atoms with Gasteiger partial charge >= 0.3 is 59.5 Å². The van der Waals surface area contributed by atoms with Crippen LogP contribution >= 0.6 is 0 Å². The minimum Gasteiger partial charge on any atom is -0.303 e. The third-order valence-electron chi connectivity index (χ3n) is 4.15. The molecule has 0 N–H and O–H groups in total. The average Bonchev–Trinajstić information content (AvgIpc) is 2.64. The summed E-state index contributed by atoms with van der Waals surface area (Å²) in [6, 6.07) is 0. The Kier molecular flexibility index (Phi) is 7.94. The van der Waals surface area contributed by atoms with E-state index in [2.05, 4.69) is 0 Å². The number of rotatable bonds is 11. The number of alkyl halides is 21. The Bertz CT molecular complexity index is 775. The van der Waals surface area contributed by atoms with Crippen LogP contribution in [0.4, 0.5) is 92.2 Å². The molecule has 0 aromatic heterocycles. The molecule has 0 aliphatic heterocycles. The van der Waals surface area contributed by atoms with Gasteiger partial charge in [0, 0.05) is 12.8 Å². The zero-order valence-electron chi connectivity index (χ0n) is 15.3. The summed E-state index contributed by atoms with van der Waals surface area (Å²) in [5, 5.41) is 0. The van der Waals surface area contributed by atoms with E-state index in [0.29, 0.717) is 0 Å². The van der Waals surface area contributed by atoms with Gasteiger partial charge < -0.3 is 4.79 Å². The van der Waals surface area contributed by atoms with Gasteiger partial charge in [0.25, 0.3) is 0 Å². The summed E-state index contributed by atoms with van der Waals surface area (Å²) >= 11 is 0. The molecule has 0 spiro atoms. The average molecular weight is 576 g/mol. The quantitative estimate of drug-likeness (QED) is 0.187. The molecule has 210 valence electrons. The van der Waals surface area contributed by atoms with E-state index in [1.54, 1.807) is 0 Å². The zero-order valence-corrected chi connectivity index (χ0v) is 15.3. The van der Waals surface area contributed by atoms with Gasteiger partial charge in [0.05, 0.1) is 0 Å². The predicted octanol–water partition coefficient (Wildman–Crippen LogP) is 7.25.